The number of anilines is 1. The third-order valence-electron chi connectivity index (χ3n) is 1.43. The van der Waals surface area contributed by atoms with Crippen molar-refractivity contribution in [2.75, 3.05) is 5.73 Å². The van der Waals surface area contributed by atoms with Crippen LogP contribution in [0.25, 0.3) is 10.6 Å². The Morgan fingerprint density at radius 3 is 2.77 bits per heavy atom. The molecule has 0 spiro atoms. The van der Waals surface area contributed by atoms with Gasteiger partial charge >= 0.3 is 0 Å². The number of nitrogens with zero attached hydrogens (tertiary/aromatic N) is 1. The van der Waals surface area contributed by atoms with E-state index in [4.69, 9.17) is 21.9 Å². The number of hydrogen-bond donors (Lipinski definition) is 1. The van der Waals surface area contributed by atoms with Crippen molar-refractivity contribution in [2.45, 2.75) is 0 Å². The Bertz CT molecular complexity index is 420. The average Bonchev–Trinajstić information content (AvgIpc) is 2.61. The van der Waals surface area contributed by atoms with Crippen LogP contribution < -0.4 is 5.73 Å². The summed E-state index contributed by atoms with van der Waals surface area (Å²) in [5, 5.41) is 3.77. The van der Waals surface area contributed by atoms with Gasteiger partial charge in [-0.15, -0.1) is 11.3 Å². The first-order chi connectivity index (χ1) is 6.16. The molecule has 0 saturated heterocycles. The van der Waals surface area contributed by atoms with E-state index in [1.807, 2.05) is 6.07 Å². The van der Waals surface area contributed by atoms with Crippen molar-refractivity contribution in [2.24, 2.45) is 0 Å². The SMILES string of the molecule is Nc1cc(-c2cc(Br)c(Cl)s2)no1. The number of nitrogen functional groups attached to an aromatic ring is 1. The van der Waals surface area contributed by atoms with E-state index in [2.05, 4.69) is 21.1 Å². The van der Waals surface area contributed by atoms with Crippen molar-refractivity contribution in [3.63, 3.8) is 0 Å². The van der Waals surface area contributed by atoms with Crippen LogP contribution in [0.4, 0.5) is 5.88 Å². The van der Waals surface area contributed by atoms with E-state index in [0.717, 1.165) is 9.35 Å². The van der Waals surface area contributed by atoms with Crippen molar-refractivity contribution in [3.05, 3.63) is 20.9 Å². The molecule has 2 rings (SSSR count). The third kappa shape index (κ3) is 1.72. The van der Waals surface area contributed by atoms with Gasteiger partial charge in [-0.2, -0.15) is 0 Å². The molecule has 0 saturated carbocycles. The molecule has 2 N–H and O–H groups in total. The lowest BCUT2D eigenvalue weighted by atomic mass is 10.3. The fourth-order valence-corrected chi connectivity index (χ4v) is 2.53. The Morgan fingerprint density at radius 2 is 2.31 bits per heavy atom. The van der Waals surface area contributed by atoms with Crippen LogP contribution in [0.15, 0.2) is 21.1 Å². The molecule has 0 fully saturated rings. The van der Waals surface area contributed by atoms with Gasteiger partial charge in [-0.05, 0) is 22.0 Å². The highest BCUT2D eigenvalue weighted by atomic mass is 79.9. The Hall–Kier alpha value is -0.520. The van der Waals surface area contributed by atoms with Crippen LogP contribution in [0.3, 0.4) is 0 Å². The second-order valence-electron chi connectivity index (χ2n) is 2.35. The van der Waals surface area contributed by atoms with E-state index in [9.17, 15) is 0 Å². The van der Waals surface area contributed by atoms with Crippen molar-refractivity contribution >= 4 is 44.8 Å². The molecule has 13 heavy (non-hydrogen) atoms. The summed E-state index contributed by atoms with van der Waals surface area (Å²) in [4.78, 5) is 0.928. The molecule has 0 aliphatic carbocycles. The lowest BCUT2D eigenvalue weighted by Gasteiger charge is -1.82. The maximum Gasteiger partial charge on any atom is 0.222 e. The van der Waals surface area contributed by atoms with Gasteiger partial charge in [0.05, 0.1) is 4.88 Å². The fourth-order valence-electron chi connectivity index (χ4n) is 0.878. The molecular weight excluding hydrogens is 276 g/mol. The van der Waals surface area contributed by atoms with Crippen LogP contribution in [0.2, 0.25) is 4.34 Å². The van der Waals surface area contributed by atoms with E-state index in [1.54, 1.807) is 6.07 Å². The molecule has 2 aromatic rings. The van der Waals surface area contributed by atoms with Gasteiger partial charge in [0.1, 0.15) is 10.0 Å². The van der Waals surface area contributed by atoms with E-state index >= 15 is 0 Å². The normalized spacial score (nSPS) is 10.6. The zero-order valence-corrected chi connectivity index (χ0v) is 9.41. The quantitative estimate of drug-likeness (QED) is 0.870. The third-order valence-corrected chi connectivity index (χ3v) is 3.92. The van der Waals surface area contributed by atoms with E-state index in [-0.39, 0.29) is 0 Å². The summed E-state index contributed by atoms with van der Waals surface area (Å²) in [6.07, 6.45) is 0. The minimum atomic E-state index is 0.302. The number of aromatic nitrogens is 1. The van der Waals surface area contributed by atoms with Crippen LogP contribution in [0.1, 0.15) is 0 Å². The number of rotatable bonds is 1. The summed E-state index contributed by atoms with van der Waals surface area (Å²) in [6.45, 7) is 0. The van der Waals surface area contributed by atoms with Crippen LogP contribution in [0.5, 0.6) is 0 Å². The molecule has 0 bridgehead atoms. The van der Waals surface area contributed by atoms with Gasteiger partial charge in [-0.1, -0.05) is 16.8 Å². The van der Waals surface area contributed by atoms with E-state index in [0.29, 0.717) is 15.9 Å². The standard InChI is InChI=1S/C7H4BrClN2OS/c8-3-1-5(13-7(3)9)4-2-6(10)12-11-4/h1-2H,10H2. The fraction of sp³-hybridized carbons (Fsp3) is 0. The van der Waals surface area contributed by atoms with Gasteiger partial charge in [0.2, 0.25) is 5.88 Å². The maximum atomic E-state index is 5.87. The highest BCUT2D eigenvalue weighted by molar-refractivity contribution is 9.10. The van der Waals surface area contributed by atoms with Gasteiger partial charge in [0, 0.05) is 10.5 Å². The molecule has 0 aromatic carbocycles. The Labute approximate surface area is 91.6 Å². The molecule has 6 heteroatoms. The number of nitrogens with two attached hydrogens (primary N) is 1. The van der Waals surface area contributed by atoms with Gasteiger partial charge < -0.3 is 10.3 Å². The molecule has 68 valence electrons. The molecule has 3 nitrogen and oxygen atoms in total. The van der Waals surface area contributed by atoms with Crippen LogP contribution in [0, 0.1) is 0 Å². The average molecular weight is 280 g/mol. The maximum absolute atomic E-state index is 5.87. The molecular formula is C7H4BrClN2OS. The molecule has 0 aliphatic rings. The van der Waals surface area contributed by atoms with Crippen LogP contribution >= 0.6 is 38.9 Å². The molecule has 0 aliphatic heterocycles. The van der Waals surface area contributed by atoms with E-state index < -0.39 is 0 Å². The molecule has 0 radical (unpaired) electrons. The summed E-state index contributed by atoms with van der Waals surface area (Å²) in [7, 11) is 0. The van der Waals surface area contributed by atoms with Gasteiger partial charge in [0.15, 0.2) is 0 Å². The molecule has 0 amide bonds. The second kappa shape index (κ2) is 3.32. The number of thiophene rings is 1. The Kier molecular flexibility index (Phi) is 2.31. The van der Waals surface area contributed by atoms with Gasteiger partial charge in [0.25, 0.3) is 0 Å². The first-order valence-corrected chi connectivity index (χ1v) is 5.33. The van der Waals surface area contributed by atoms with Crippen LogP contribution in [-0.4, -0.2) is 5.16 Å². The van der Waals surface area contributed by atoms with Crippen LogP contribution in [-0.2, 0) is 0 Å². The van der Waals surface area contributed by atoms with Gasteiger partial charge in [-0.25, -0.2) is 0 Å². The number of halogens is 2. The zero-order valence-electron chi connectivity index (χ0n) is 6.25. The highest BCUT2D eigenvalue weighted by Crippen LogP contribution is 2.37. The van der Waals surface area contributed by atoms with Gasteiger partial charge in [-0.3, -0.25) is 0 Å². The zero-order chi connectivity index (χ0) is 9.42. The highest BCUT2D eigenvalue weighted by Gasteiger charge is 2.10. The molecule has 2 heterocycles. The Balaban J connectivity index is 2.46. The first-order valence-electron chi connectivity index (χ1n) is 3.34. The van der Waals surface area contributed by atoms with Crippen molar-refractivity contribution in [1.82, 2.24) is 5.16 Å². The predicted molar refractivity (Wildman–Crippen MR) is 56.9 cm³/mol. The molecule has 2 aromatic heterocycles. The lowest BCUT2D eigenvalue weighted by molar-refractivity contribution is 0.439. The van der Waals surface area contributed by atoms with E-state index in [1.165, 1.54) is 11.3 Å². The minimum Gasteiger partial charge on any atom is -0.368 e. The second-order valence-corrected chi connectivity index (χ2v) is 4.86. The summed E-state index contributed by atoms with van der Waals surface area (Å²) in [6, 6.07) is 3.54. The lowest BCUT2D eigenvalue weighted by Crippen LogP contribution is -1.75. The topological polar surface area (TPSA) is 52.0 Å². The molecule has 0 atom stereocenters. The predicted octanol–water partition coefficient (Wildman–Crippen LogP) is 3.40. The van der Waals surface area contributed by atoms with Crippen molar-refractivity contribution in [1.29, 1.82) is 0 Å². The largest absolute Gasteiger partial charge is 0.368 e. The summed E-state index contributed by atoms with van der Waals surface area (Å²) in [5.74, 6) is 0.302. The summed E-state index contributed by atoms with van der Waals surface area (Å²) < 4.78 is 6.29. The minimum absolute atomic E-state index is 0.302. The molecule has 0 unspecified atom stereocenters. The summed E-state index contributed by atoms with van der Waals surface area (Å²) in [5.41, 5.74) is 6.10. The summed E-state index contributed by atoms with van der Waals surface area (Å²) >= 11 is 10.6. The Morgan fingerprint density at radius 1 is 1.54 bits per heavy atom. The first kappa shape index (κ1) is 9.05. The number of hydrogen-bond acceptors (Lipinski definition) is 4. The van der Waals surface area contributed by atoms with Crippen molar-refractivity contribution in [3.8, 4) is 10.6 Å². The van der Waals surface area contributed by atoms with Crippen molar-refractivity contribution < 1.29 is 4.52 Å². The smallest absolute Gasteiger partial charge is 0.222 e. The monoisotopic (exact) mass is 278 g/mol.